The number of rotatable bonds is 8. The molecule has 1 fully saturated rings. The Bertz CT molecular complexity index is 577. The summed E-state index contributed by atoms with van der Waals surface area (Å²) < 4.78 is 5.93. The van der Waals surface area contributed by atoms with Crippen LogP contribution in [0.4, 0.5) is 0 Å². The van der Waals surface area contributed by atoms with Gasteiger partial charge in [0.05, 0.1) is 11.7 Å². The van der Waals surface area contributed by atoms with E-state index in [0.717, 1.165) is 6.42 Å². The first-order chi connectivity index (χ1) is 12.5. The standard InChI is InChI=1S/C20H31N3O3/c1-14(2)17-7-6-15(3)11-18(17)26-13-19(24)22-9-10-23-20(25)16-5-4-8-21-12-16/h4-5,8,12,14-15,17-18H,6-7,9-11,13H2,1-3H3,(H,22,24)(H,23,25)/t15-,17+,18-/m1/s1. The predicted molar refractivity (Wildman–Crippen MR) is 101 cm³/mol. The van der Waals surface area contributed by atoms with Crippen LogP contribution in [0.1, 0.15) is 50.4 Å². The normalized spacial score (nSPS) is 22.8. The average molecular weight is 361 g/mol. The van der Waals surface area contributed by atoms with Crippen LogP contribution in [-0.2, 0) is 9.53 Å². The number of pyridine rings is 1. The van der Waals surface area contributed by atoms with Crippen molar-refractivity contribution in [2.75, 3.05) is 19.7 Å². The molecule has 2 N–H and O–H groups in total. The molecule has 2 rings (SSSR count). The van der Waals surface area contributed by atoms with Gasteiger partial charge in [-0.15, -0.1) is 0 Å². The summed E-state index contributed by atoms with van der Waals surface area (Å²) >= 11 is 0. The van der Waals surface area contributed by atoms with E-state index in [4.69, 9.17) is 4.74 Å². The van der Waals surface area contributed by atoms with Gasteiger partial charge < -0.3 is 15.4 Å². The van der Waals surface area contributed by atoms with Crippen LogP contribution in [0.25, 0.3) is 0 Å². The number of nitrogens with zero attached hydrogens (tertiary/aromatic N) is 1. The number of nitrogens with one attached hydrogen (secondary N) is 2. The highest BCUT2D eigenvalue weighted by atomic mass is 16.5. The lowest BCUT2D eigenvalue weighted by Crippen LogP contribution is -2.39. The fourth-order valence-electron chi connectivity index (χ4n) is 3.52. The number of aromatic nitrogens is 1. The van der Waals surface area contributed by atoms with Gasteiger partial charge in [-0.2, -0.15) is 0 Å². The molecule has 6 heteroatoms. The molecule has 3 atom stereocenters. The lowest BCUT2D eigenvalue weighted by molar-refractivity contribution is -0.131. The molecule has 0 bridgehead atoms. The quantitative estimate of drug-likeness (QED) is 0.697. The first-order valence-electron chi connectivity index (χ1n) is 9.54. The SMILES string of the molecule is CC(C)[C@@H]1CC[C@@H](C)C[C@H]1OCC(=O)NCCNC(=O)c1cccnc1. The molecule has 0 aromatic carbocycles. The van der Waals surface area contributed by atoms with Gasteiger partial charge in [-0.1, -0.05) is 27.2 Å². The zero-order valence-corrected chi connectivity index (χ0v) is 16.0. The number of carbonyl (C=O) groups excluding carboxylic acids is 2. The van der Waals surface area contributed by atoms with Gasteiger partial charge in [0.2, 0.25) is 5.91 Å². The molecule has 2 amide bonds. The lowest BCUT2D eigenvalue weighted by atomic mass is 9.75. The molecule has 6 nitrogen and oxygen atoms in total. The first kappa shape index (κ1) is 20.4. The van der Waals surface area contributed by atoms with E-state index < -0.39 is 0 Å². The summed E-state index contributed by atoms with van der Waals surface area (Å²) in [7, 11) is 0. The summed E-state index contributed by atoms with van der Waals surface area (Å²) in [6, 6.07) is 3.41. The van der Waals surface area contributed by atoms with Gasteiger partial charge in [0.25, 0.3) is 5.91 Å². The maximum absolute atomic E-state index is 12.0. The zero-order chi connectivity index (χ0) is 18.9. The minimum Gasteiger partial charge on any atom is -0.368 e. The van der Waals surface area contributed by atoms with Crippen molar-refractivity contribution in [3.05, 3.63) is 30.1 Å². The van der Waals surface area contributed by atoms with Gasteiger partial charge in [-0.25, -0.2) is 0 Å². The van der Waals surface area contributed by atoms with Crippen LogP contribution < -0.4 is 10.6 Å². The van der Waals surface area contributed by atoms with Crippen molar-refractivity contribution in [2.24, 2.45) is 17.8 Å². The van der Waals surface area contributed by atoms with Crippen LogP contribution in [0.15, 0.2) is 24.5 Å². The summed E-state index contributed by atoms with van der Waals surface area (Å²) in [4.78, 5) is 27.8. The summed E-state index contributed by atoms with van der Waals surface area (Å²) in [5, 5.41) is 5.54. The maximum atomic E-state index is 12.0. The molecule has 1 aliphatic rings. The van der Waals surface area contributed by atoms with Gasteiger partial charge in [0.15, 0.2) is 0 Å². The van der Waals surface area contributed by atoms with Crippen LogP contribution in [-0.4, -0.2) is 42.6 Å². The minimum absolute atomic E-state index is 0.0805. The van der Waals surface area contributed by atoms with Gasteiger partial charge in [-0.3, -0.25) is 14.6 Å². The third kappa shape index (κ3) is 6.41. The van der Waals surface area contributed by atoms with Crippen molar-refractivity contribution in [3.63, 3.8) is 0 Å². The molecule has 0 spiro atoms. The number of carbonyl (C=O) groups is 2. The average Bonchev–Trinajstić information content (AvgIpc) is 2.64. The lowest BCUT2D eigenvalue weighted by Gasteiger charge is -2.37. The van der Waals surface area contributed by atoms with E-state index >= 15 is 0 Å². The molecule has 0 radical (unpaired) electrons. The van der Waals surface area contributed by atoms with E-state index in [1.807, 2.05) is 0 Å². The van der Waals surface area contributed by atoms with E-state index in [-0.39, 0.29) is 24.5 Å². The number of hydrogen-bond donors (Lipinski definition) is 2. The van der Waals surface area contributed by atoms with Crippen molar-refractivity contribution >= 4 is 11.8 Å². The van der Waals surface area contributed by atoms with Crippen LogP contribution in [0.3, 0.4) is 0 Å². The second-order valence-electron chi connectivity index (χ2n) is 7.52. The molecule has 1 aromatic heterocycles. The maximum Gasteiger partial charge on any atom is 0.252 e. The van der Waals surface area contributed by atoms with Gasteiger partial charge >= 0.3 is 0 Å². The highest BCUT2D eigenvalue weighted by Crippen LogP contribution is 2.35. The molecule has 1 heterocycles. The van der Waals surface area contributed by atoms with Crippen LogP contribution in [0.5, 0.6) is 0 Å². The number of hydrogen-bond acceptors (Lipinski definition) is 4. The van der Waals surface area contributed by atoms with Crippen LogP contribution >= 0.6 is 0 Å². The Morgan fingerprint density at radius 3 is 2.73 bits per heavy atom. The molecule has 26 heavy (non-hydrogen) atoms. The monoisotopic (exact) mass is 361 g/mol. The molecule has 0 saturated heterocycles. The Morgan fingerprint density at radius 1 is 1.27 bits per heavy atom. The van der Waals surface area contributed by atoms with E-state index in [1.165, 1.54) is 19.0 Å². The van der Waals surface area contributed by atoms with Gasteiger partial charge in [-0.05, 0) is 42.7 Å². The highest BCUT2D eigenvalue weighted by Gasteiger charge is 2.31. The molecule has 144 valence electrons. The fraction of sp³-hybridized carbons (Fsp3) is 0.650. The number of ether oxygens (including phenoxy) is 1. The van der Waals surface area contributed by atoms with Crippen LogP contribution in [0, 0.1) is 17.8 Å². The van der Waals surface area contributed by atoms with Crippen molar-refractivity contribution in [1.29, 1.82) is 0 Å². The molecule has 1 saturated carbocycles. The van der Waals surface area contributed by atoms with Gasteiger partial charge in [0.1, 0.15) is 6.61 Å². The van der Waals surface area contributed by atoms with E-state index in [1.54, 1.807) is 18.3 Å². The summed E-state index contributed by atoms with van der Waals surface area (Å²) in [5.41, 5.74) is 0.508. The van der Waals surface area contributed by atoms with Gasteiger partial charge in [0, 0.05) is 25.5 Å². The smallest absolute Gasteiger partial charge is 0.252 e. The van der Waals surface area contributed by atoms with Crippen molar-refractivity contribution in [3.8, 4) is 0 Å². The summed E-state index contributed by atoms with van der Waals surface area (Å²) in [6.07, 6.45) is 6.73. The second kappa shape index (κ2) is 10.3. The third-order valence-electron chi connectivity index (χ3n) is 5.05. The molecule has 1 aromatic rings. The molecular formula is C20H31N3O3. The molecule has 1 aliphatic carbocycles. The van der Waals surface area contributed by atoms with E-state index in [2.05, 4.69) is 36.4 Å². The van der Waals surface area contributed by atoms with E-state index in [9.17, 15) is 9.59 Å². The fourth-order valence-corrected chi connectivity index (χ4v) is 3.52. The Balaban J connectivity index is 1.64. The largest absolute Gasteiger partial charge is 0.368 e. The predicted octanol–water partition coefficient (Wildman–Crippen LogP) is 2.40. The Morgan fingerprint density at radius 2 is 2.04 bits per heavy atom. The first-order valence-corrected chi connectivity index (χ1v) is 9.54. The second-order valence-corrected chi connectivity index (χ2v) is 7.52. The molecule has 0 unspecified atom stereocenters. The Labute approximate surface area is 156 Å². The summed E-state index contributed by atoms with van der Waals surface area (Å²) in [5.74, 6) is 1.41. The van der Waals surface area contributed by atoms with Crippen LogP contribution in [0.2, 0.25) is 0 Å². The minimum atomic E-state index is -0.195. The van der Waals surface area contributed by atoms with Crippen molar-refractivity contribution in [2.45, 2.75) is 46.1 Å². The number of amides is 2. The molecular weight excluding hydrogens is 330 g/mol. The Kier molecular flexibility index (Phi) is 8.04. The Hall–Kier alpha value is -1.95. The third-order valence-corrected chi connectivity index (χ3v) is 5.05. The van der Waals surface area contributed by atoms with Crippen molar-refractivity contribution < 1.29 is 14.3 Å². The van der Waals surface area contributed by atoms with E-state index in [0.29, 0.717) is 36.4 Å². The highest BCUT2D eigenvalue weighted by molar-refractivity contribution is 5.93. The van der Waals surface area contributed by atoms with Crippen molar-refractivity contribution in [1.82, 2.24) is 15.6 Å². The molecule has 0 aliphatic heterocycles. The zero-order valence-electron chi connectivity index (χ0n) is 16.0. The topological polar surface area (TPSA) is 80.3 Å². The summed E-state index contributed by atoms with van der Waals surface area (Å²) in [6.45, 7) is 7.52.